The van der Waals surface area contributed by atoms with Crippen LogP contribution in [0.15, 0.2) is 18.5 Å². The minimum Gasteiger partial charge on any atom is -0.383 e. The van der Waals surface area contributed by atoms with Crippen LogP contribution in [0.5, 0.6) is 0 Å². The highest BCUT2D eigenvalue weighted by molar-refractivity contribution is 5.99. The van der Waals surface area contributed by atoms with Crippen molar-refractivity contribution in [3.8, 4) is 0 Å². The largest absolute Gasteiger partial charge is 0.383 e. The molecule has 1 saturated carbocycles. The van der Waals surface area contributed by atoms with Crippen molar-refractivity contribution in [2.24, 2.45) is 0 Å². The second-order valence-electron chi connectivity index (χ2n) is 4.98. The fourth-order valence-corrected chi connectivity index (χ4v) is 2.46. The van der Waals surface area contributed by atoms with Crippen LogP contribution in [-0.2, 0) is 4.74 Å². The normalized spacial score (nSPS) is 15.2. The van der Waals surface area contributed by atoms with Crippen LogP contribution < -0.4 is 10.6 Å². The molecule has 1 aliphatic rings. The van der Waals surface area contributed by atoms with Crippen molar-refractivity contribution in [2.75, 3.05) is 25.0 Å². The van der Waals surface area contributed by atoms with E-state index in [1.807, 2.05) is 6.92 Å². The molecule has 1 amide bonds. The van der Waals surface area contributed by atoms with Gasteiger partial charge < -0.3 is 15.4 Å². The van der Waals surface area contributed by atoms with Crippen molar-refractivity contribution in [3.05, 3.63) is 24.0 Å². The maximum atomic E-state index is 12.1. The molecule has 2 rings (SSSR count). The van der Waals surface area contributed by atoms with Crippen molar-refractivity contribution in [2.45, 2.75) is 38.7 Å². The Morgan fingerprint density at radius 1 is 1.45 bits per heavy atom. The molecular formula is C15H23N3O2. The number of rotatable bonds is 7. The summed E-state index contributed by atoms with van der Waals surface area (Å²) in [6, 6.07) is 1.73. The van der Waals surface area contributed by atoms with Gasteiger partial charge in [-0.3, -0.25) is 9.78 Å². The molecule has 1 heterocycles. The maximum Gasteiger partial charge on any atom is 0.253 e. The highest BCUT2D eigenvalue weighted by Gasteiger charge is 2.15. The molecule has 1 fully saturated rings. The zero-order valence-electron chi connectivity index (χ0n) is 12.0. The minimum atomic E-state index is -0.0848. The van der Waals surface area contributed by atoms with Crippen molar-refractivity contribution >= 4 is 11.6 Å². The van der Waals surface area contributed by atoms with E-state index in [1.165, 1.54) is 12.8 Å². The van der Waals surface area contributed by atoms with Crippen molar-refractivity contribution in [3.63, 3.8) is 0 Å². The van der Waals surface area contributed by atoms with Gasteiger partial charge in [-0.25, -0.2) is 0 Å². The first-order chi connectivity index (χ1) is 9.81. The molecule has 0 aromatic carbocycles. The van der Waals surface area contributed by atoms with Gasteiger partial charge in [0.1, 0.15) is 0 Å². The van der Waals surface area contributed by atoms with Gasteiger partial charge in [0.2, 0.25) is 0 Å². The van der Waals surface area contributed by atoms with Gasteiger partial charge in [0.15, 0.2) is 0 Å². The Hall–Kier alpha value is -1.62. The van der Waals surface area contributed by atoms with Gasteiger partial charge >= 0.3 is 0 Å². The molecule has 20 heavy (non-hydrogen) atoms. The fraction of sp³-hybridized carbons (Fsp3) is 0.600. The van der Waals surface area contributed by atoms with Crippen LogP contribution in [0.3, 0.4) is 0 Å². The second-order valence-corrected chi connectivity index (χ2v) is 4.98. The van der Waals surface area contributed by atoms with Gasteiger partial charge in [-0.2, -0.15) is 0 Å². The Kier molecular flexibility index (Phi) is 5.80. The SMILES string of the molecule is CCNc1cnccc1C(=O)NCCOC1CCCC1. The summed E-state index contributed by atoms with van der Waals surface area (Å²) in [5, 5.41) is 6.03. The van der Waals surface area contributed by atoms with Crippen molar-refractivity contribution in [1.29, 1.82) is 0 Å². The summed E-state index contributed by atoms with van der Waals surface area (Å²) < 4.78 is 5.72. The quantitative estimate of drug-likeness (QED) is 0.750. The molecule has 1 aromatic heterocycles. The topological polar surface area (TPSA) is 63.2 Å². The molecule has 0 saturated heterocycles. The summed E-state index contributed by atoms with van der Waals surface area (Å²) in [7, 11) is 0. The number of hydrogen-bond acceptors (Lipinski definition) is 4. The standard InChI is InChI=1S/C15H23N3O2/c1-2-17-14-11-16-8-7-13(14)15(19)18-9-10-20-12-5-3-4-6-12/h7-8,11-12,17H,2-6,9-10H2,1H3,(H,18,19). The number of carbonyl (C=O) groups excluding carboxylic acids is 1. The number of hydrogen-bond donors (Lipinski definition) is 2. The number of carbonyl (C=O) groups is 1. The average molecular weight is 277 g/mol. The third-order valence-corrected chi connectivity index (χ3v) is 3.48. The van der Waals surface area contributed by atoms with Crippen LogP contribution in [0, 0.1) is 0 Å². The van der Waals surface area contributed by atoms with Gasteiger partial charge in [-0.05, 0) is 25.8 Å². The number of aromatic nitrogens is 1. The molecule has 5 heteroatoms. The third kappa shape index (κ3) is 4.20. The molecule has 0 radical (unpaired) electrons. The third-order valence-electron chi connectivity index (χ3n) is 3.48. The molecule has 110 valence electrons. The highest BCUT2D eigenvalue weighted by atomic mass is 16.5. The number of nitrogens with zero attached hydrogens (tertiary/aromatic N) is 1. The molecule has 2 N–H and O–H groups in total. The van der Waals surface area contributed by atoms with Gasteiger partial charge in [0.25, 0.3) is 5.91 Å². The van der Waals surface area contributed by atoms with Crippen LogP contribution >= 0.6 is 0 Å². The van der Waals surface area contributed by atoms with Crippen LogP contribution in [0.4, 0.5) is 5.69 Å². The van der Waals surface area contributed by atoms with E-state index in [0.717, 1.165) is 25.1 Å². The van der Waals surface area contributed by atoms with E-state index in [2.05, 4.69) is 15.6 Å². The van der Waals surface area contributed by atoms with E-state index in [-0.39, 0.29) is 5.91 Å². The zero-order chi connectivity index (χ0) is 14.2. The Morgan fingerprint density at radius 3 is 3.00 bits per heavy atom. The van der Waals surface area contributed by atoms with E-state index in [0.29, 0.717) is 24.8 Å². The van der Waals surface area contributed by atoms with Crippen molar-refractivity contribution in [1.82, 2.24) is 10.3 Å². The number of nitrogens with one attached hydrogen (secondary N) is 2. The van der Waals surface area contributed by atoms with E-state index in [9.17, 15) is 4.79 Å². The van der Waals surface area contributed by atoms with Crippen LogP contribution in [0.1, 0.15) is 43.0 Å². The molecule has 1 aromatic rings. The second kappa shape index (κ2) is 7.85. The molecule has 0 bridgehead atoms. The number of ether oxygens (including phenoxy) is 1. The van der Waals surface area contributed by atoms with Gasteiger partial charge in [-0.1, -0.05) is 12.8 Å². The molecular weight excluding hydrogens is 254 g/mol. The van der Waals surface area contributed by atoms with E-state index in [1.54, 1.807) is 18.5 Å². The summed E-state index contributed by atoms with van der Waals surface area (Å²) in [5.74, 6) is -0.0848. The van der Waals surface area contributed by atoms with Crippen LogP contribution in [-0.4, -0.2) is 36.7 Å². The average Bonchev–Trinajstić information content (AvgIpc) is 2.97. The van der Waals surface area contributed by atoms with Crippen LogP contribution in [0.25, 0.3) is 0 Å². The molecule has 0 unspecified atom stereocenters. The first kappa shape index (κ1) is 14.8. The molecule has 1 aliphatic carbocycles. The predicted molar refractivity (Wildman–Crippen MR) is 78.9 cm³/mol. The summed E-state index contributed by atoms with van der Waals surface area (Å²) in [6.45, 7) is 3.88. The number of anilines is 1. The zero-order valence-corrected chi connectivity index (χ0v) is 12.0. The minimum absolute atomic E-state index is 0.0848. The molecule has 0 aliphatic heterocycles. The Labute approximate surface area is 120 Å². The number of pyridine rings is 1. The smallest absolute Gasteiger partial charge is 0.253 e. The lowest BCUT2D eigenvalue weighted by Gasteiger charge is -2.13. The van der Waals surface area contributed by atoms with Gasteiger partial charge in [0.05, 0.1) is 30.2 Å². The maximum absolute atomic E-state index is 12.1. The molecule has 0 spiro atoms. The van der Waals surface area contributed by atoms with E-state index in [4.69, 9.17) is 4.74 Å². The molecule has 5 nitrogen and oxygen atoms in total. The first-order valence-electron chi connectivity index (χ1n) is 7.39. The lowest BCUT2D eigenvalue weighted by atomic mass is 10.2. The Balaban J connectivity index is 1.76. The van der Waals surface area contributed by atoms with Gasteiger partial charge in [0, 0.05) is 19.3 Å². The lowest BCUT2D eigenvalue weighted by molar-refractivity contribution is 0.0582. The number of amides is 1. The summed E-state index contributed by atoms with van der Waals surface area (Å²) >= 11 is 0. The Morgan fingerprint density at radius 2 is 2.25 bits per heavy atom. The Bertz CT molecular complexity index is 431. The lowest BCUT2D eigenvalue weighted by Crippen LogP contribution is -2.29. The predicted octanol–water partition coefficient (Wildman–Crippen LogP) is 2.20. The van der Waals surface area contributed by atoms with E-state index >= 15 is 0 Å². The first-order valence-corrected chi connectivity index (χ1v) is 7.39. The van der Waals surface area contributed by atoms with Crippen molar-refractivity contribution < 1.29 is 9.53 Å². The highest BCUT2D eigenvalue weighted by Crippen LogP contribution is 2.20. The summed E-state index contributed by atoms with van der Waals surface area (Å²) in [5.41, 5.74) is 1.40. The summed E-state index contributed by atoms with van der Waals surface area (Å²) in [6.07, 6.45) is 8.54. The van der Waals surface area contributed by atoms with Crippen LogP contribution in [0.2, 0.25) is 0 Å². The van der Waals surface area contributed by atoms with Gasteiger partial charge in [-0.15, -0.1) is 0 Å². The fourth-order valence-electron chi connectivity index (χ4n) is 2.46. The summed E-state index contributed by atoms with van der Waals surface area (Å²) in [4.78, 5) is 16.1. The monoisotopic (exact) mass is 277 g/mol. The molecule has 0 atom stereocenters. The van der Waals surface area contributed by atoms with E-state index < -0.39 is 0 Å².